The van der Waals surface area contributed by atoms with Crippen molar-refractivity contribution in [3.63, 3.8) is 0 Å². The number of H-pyrrole nitrogens is 1. The van der Waals surface area contributed by atoms with Gasteiger partial charge in [-0.3, -0.25) is 28.8 Å². The van der Waals surface area contributed by atoms with Gasteiger partial charge < -0.3 is 47.3 Å². The number of hydrogen-bond donors (Lipinski definition) is 9. The van der Waals surface area contributed by atoms with Gasteiger partial charge in [0, 0.05) is 23.5 Å². The summed E-state index contributed by atoms with van der Waals surface area (Å²) in [6, 6.07) is 6.67. The van der Waals surface area contributed by atoms with E-state index in [1.165, 1.54) is 19.1 Å². The van der Waals surface area contributed by atoms with Gasteiger partial charge in [0.2, 0.25) is 23.6 Å². The van der Waals surface area contributed by atoms with E-state index in [1.54, 1.807) is 38.2 Å². The topological polar surface area (TPSA) is 253 Å². The van der Waals surface area contributed by atoms with Gasteiger partial charge in [-0.1, -0.05) is 44.2 Å². The van der Waals surface area contributed by atoms with Crippen molar-refractivity contribution >= 4 is 46.5 Å². The van der Waals surface area contributed by atoms with Crippen LogP contribution >= 0.6 is 0 Å². The molecule has 0 radical (unpaired) electrons. The summed E-state index contributed by atoms with van der Waals surface area (Å²) >= 11 is 0. The predicted molar refractivity (Wildman–Crippen MR) is 170 cm³/mol. The number of aromatic amines is 1. The summed E-state index contributed by atoms with van der Waals surface area (Å²) in [5, 5.41) is 38.8. The van der Waals surface area contributed by atoms with Crippen molar-refractivity contribution in [2.45, 2.75) is 70.2 Å². The number of carboxylic acids is 2. The van der Waals surface area contributed by atoms with Gasteiger partial charge >= 0.3 is 11.9 Å². The number of nitrogens with one attached hydrogen (secondary N) is 5. The summed E-state index contributed by atoms with van der Waals surface area (Å²) in [6.07, 6.45) is 0.869. The van der Waals surface area contributed by atoms with E-state index >= 15 is 0 Å². The SMILES string of the molecule is CC(NC(=O)C(Cc1c[nH]c2ccccc12)NC(=O)C(NC(=O)C(CC(=O)O)NC(=O)C(N)Cc1ccc(O)cc1)C(C)C)C(=O)O. The Morgan fingerprint density at radius 2 is 1.38 bits per heavy atom. The molecule has 0 saturated carbocycles. The van der Waals surface area contributed by atoms with E-state index in [9.17, 15) is 44.1 Å². The van der Waals surface area contributed by atoms with E-state index in [0.717, 1.165) is 10.9 Å². The molecule has 3 aromatic rings. The quantitative estimate of drug-likeness (QED) is 0.101. The maximum Gasteiger partial charge on any atom is 0.325 e. The number of carbonyl (C=O) groups excluding carboxylic acids is 4. The predicted octanol–water partition coefficient (Wildman–Crippen LogP) is 0.160. The van der Waals surface area contributed by atoms with Crippen LogP contribution in [-0.4, -0.2) is 86.1 Å². The van der Waals surface area contributed by atoms with Crippen LogP contribution in [0.2, 0.25) is 0 Å². The van der Waals surface area contributed by atoms with Gasteiger partial charge in [-0.05, 0) is 48.6 Å². The number of aliphatic carboxylic acids is 2. The third-order valence-corrected chi connectivity index (χ3v) is 7.45. The van der Waals surface area contributed by atoms with Crippen LogP contribution in [0.25, 0.3) is 10.9 Å². The lowest BCUT2D eigenvalue weighted by molar-refractivity contribution is -0.141. The zero-order valence-electron chi connectivity index (χ0n) is 26.2. The van der Waals surface area contributed by atoms with Crippen molar-refractivity contribution in [3.8, 4) is 5.75 Å². The number of rotatable bonds is 16. The fourth-order valence-electron chi connectivity index (χ4n) is 4.80. The molecule has 15 nitrogen and oxygen atoms in total. The molecule has 5 atom stereocenters. The molecule has 15 heteroatoms. The summed E-state index contributed by atoms with van der Waals surface area (Å²) in [5.74, 6) is -6.56. The first-order chi connectivity index (χ1) is 22.2. The molecule has 0 spiro atoms. The zero-order chi connectivity index (χ0) is 34.8. The van der Waals surface area contributed by atoms with Gasteiger partial charge in [-0.15, -0.1) is 0 Å². The van der Waals surface area contributed by atoms with Crippen molar-refractivity contribution in [2.24, 2.45) is 11.7 Å². The van der Waals surface area contributed by atoms with E-state index in [2.05, 4.69) is 26.3 Å². The number of phenols is 1. The molecule has 0 aliphatic carbocycles. The van der Waals surface area contributed by atoms with Gasteiger partial charge in [0.05, 0.1) is 12.5 Å². The number of para-hydroxylation sites is 1. The first-order valence-electron chi connectivity index (χ1n) is 14.9. The second-order valence-corrected chi connectivity index (χ2v) is 11.6. The molecule has 10 N–H and O–H groups in total. The Kier molecular flexibility index (Phi) is 12.4. The van der Waals surface area contributed by atoms with Crippen LogP contribution in [0.1, 0.15) is 38.3 Å². The summed E-state index contributed by atoms with van der Waals surface area (Å²) in [6.45, 7) is 4.50. The number of amides is 4. The molecule has 0 aliphatic rings. The minimum atomic E-state index is -1.60. The van der Waals surface area contributed by atoms with Crippen molar-refractivity contribution in [1.82, 2.24) is 26.3 Å². The first-order valence-corrected chi connectivity index (χ1v) is 14.9. The highest BCUT2D eigenvalue weighted by atomic mass is 16.4. The molecule has 5 unspecified atom stereocenters. The van der Waals surface area contributed by atoms with Crippen LogP contribution in [0.4, 0.5) is 0 Å². The highest BCUT2D eigenvalue weighted by Crippen LogP contribution is 2.19. The maximum atomic E-state index is 13.6. The van der Waals surface area contributed by atoms with E-state index in [1.807, 2.05) is 18.2 Å². The summed E-state index contributed by atoms with van der Waals surface area (Å²) in [5.41, 5.74) is 8.07. The van der Waals surface area contributed by atoms with Crippen molar-refractivity contribution in [1.29, 1.82) is 0 Å². The number of benzene rings is 2. The summed E-state index contributed by atoms with van der Waals surface area (Å²) in [4.78, 5) is 79.0. The van der Waals surface area contributed by atoms with Crippen molar-refractivity contribution in [2.75, 3.05) is 0 Å². The van der Waals surface area contributed by atoms with Gasteiger partial charge in [0.1, 0.15) is 29.9 Å². The zero-order valence-corrected chi connectivity index (χ0v) is 26.2. The highest BCUT2D eigenvalue weighted by molar-refractivity contribution is 5.97. The summed E-state index contributed by atoms with van der Waals surface area (Å²) < 4.78 is 0. The molecule has 252 valence electrons. The Labute approximate surface area is 270 Å². The Morgan fingerprint density at radius 1 is 0.766 bits per heavy atom. The third-order valence-electron chi connectivity index (χ3n) is 7.45. The summed E-state index contributed by atoms with van der Waals surface area (Å²) in [7, 11) is 0. The Hall–Kier alpha value is -5.44. The molecule has 1 heterocycles. The Bertz CT molecular complexity index is 1600. The van der Waals surface area contributed by atoms with E-state index < -0.39 is 78.1 Å². The van der Waals surface area contributed by atoms with Crippen molar-refractivity contribution < 1.29 is 44.1 Å². The van der Waals surface area contributed by atoms with Crippen molar-refractivity contribution in [3.05, 3.63) is 65.9 Å². The number of phenolic OH excluding ortho intramolecular Hbond substituents is 1. The largest absolute Gasteiger partial charge is 0.508 e. The van der Waals surface area contributed by atoms with E-state index in [4.69, 9.17) is 5.73 Å². The number of carbonyl (C=O) groups is 6. The van der Waals surface area contributed by atoms with Crippen LogP contribution in [0.15, 0.2) is 54.7 Å². The van der Waals surface area contributed by atoms with Crippen LogP contribution in [0, 0.1) is 5.92 Å². The fraction of sp³-hybridized carbons (Fsp3) is 0.375. The smallest absolute Gasteiger partial charge is 0.325 e. The average molecular weight is 653 g/mol. The monoisotopic (exact) mass is 652 g/mol. The standard InChI is InChI=1S/C32H40N6O9/c1-16(2)27(38-30(44)25(14-26(40)41)36-28(42)22(33)12-18-8-10-20(39)11-9-18)31(45)37-24(29(43)35-17(3)32(46)47)13-19-15-34-23-7-5-4-6-21(19)23/h4-11,15-17,22,24-25,27,34,39H,12-14,33H2,1-3H3,(H,35,43)(H,36,42)(H,37,45)(H,38,44)(H,40,41)(H,46,47). The number of carboxylic acid groups (broad SMARTS) is 2. The number of aromatic hydroxyl groups is 1. The molecule has 0 aliphatic heterocycles. The molecule has 1 aromatic heterocycles. The third kappa shape index (κ3) is 10.3. The fourth-order valence-corrected chi connectivity index (χ4v) is 4.80. The number of nitrogens with two attached hydrogens (primary N) is 1. The normalized spacial score (nSPS) is 14.3. The molecule has 0 bridgehead atoms. The van der Waals surface area contributed by atoms with Crippen LogP contribution in [0.3, 0.4) is 0 Å². The molecule has 3 rings (SSSR count). The molecule has 47 heavy (non-hydrogen) atoms. The van der Waals surface area contributed by atoms with Gasteiger partial charge in [-0.2, -0.15) is 0 Å². The second kappa shape index (κ2) is 16.2. The highest BCUT2D eigenvalue weighted by Gasteiger charge is 2.34. The molecule has 0 saturated heterocycles. The number of fused-ring (bicyclic) bond motifs is 1. The number of hydrogen-bond acceptors (Lipinski definition) is 8. The van der Waals surface area contributed by atoms with Crippen LogP contribution in [0.5, 0.6) is 5.75 Å². The average Bonchev–Trinajstić information content (AvgIpc) is 3.42. The Balaban J connectivity index is 1.77. The second-order valence-electron chi connectivity index (χ2n) is 11.6. The number of aromatic nitrogens is 1. The Morgan fingerprint density at radius 3 is 2.00 bits per heavy atom. The van der Waals surface area contributed by atoms with Gasteiger partial charge in [0.15, 0.2) is 0 Å². The molecular weight excluding hydrogens is 612 g/mol. The molecule has 4 amide bonds. The van der Waals surface area contributed by atoms with E-state index in [0.29, 0.717) is 11.1 Å². The molecule has 0 fully saturated rings. The molecular formula is C32H40N6O9. The van der Waals surface area contributed by atoms with Gasteiger partial charge in [-0.25, -0.2) is 0 Å². The van der Waals surface area contributed by atoms with E-state index in [-0.39, 0.29) is 18.6 Å². The first kappa shape index (κ1) is 36.0. The van der Waals surface area contributed by atoms with Crippen LogP contribution in [-0.2, 0) is 41.6 Å². The maximum absolute atomic E-state index is 13.6. The molecule has 2 aromatic carbocycles. The lowest BCUT2D eigenvalue weighted by atomic mass is 9.99. The van der Waals surface area contributed by atoms with Crippen LogP contribution < -0.4 is 27.0 Å². The lowest BCUT2D eigenvalue weighted by Gasteiger charge is -2.27. The van der Waals surface area contributed by atoms with Gasteiger partial charge in [0.25, 0.3) is 0 Å². The minimum Gasteiger partial charge on any atom is -0.508 e. The lowest BCUT2D eigenvalue weighted by Crippen LogP contribution is -2.60. The minimum absolute atomic E-state index is 0.0217.